The fourth-order valence-electron chi connectivity index (χ4n) is 3.79. The summed E-state index contributed by atoms with van der Waals surface area (Å²) < 4.78 is 20.0. The molecule has 2 aliphatic rings. The Bertz CT molecular complexity index is 896. The summed E-state index contributed by atoms with van der Waals surface area (Å²) >= 11 is 0. The lowest BCUT2D eigenvalue weighted by molar-refractivity contribution is 0.215. The van der Waals surface area contributed by atoms with Crippen molar-refractivity contribution in [1.82, 2.24) is 4.90 Å². The van der Waals surface area contributed by atoms with Crippen molar-refractivity contribution in [2.24, 2.45) is 4.99 Å². The fraction of sp³-hybridized carbons (Fsp3) is 0.462. The molecule has 0 aliphatic carbocycles. The van der Waals surface area contributed by atoms with Crippen molar-refractivity contribution >= 4 is 27.8 Å². The maximum Gasteiger partial charge on any atom is 0.216 e. The van der Waals surface area contributed by atoms with Crippen molar-refractivity contribution in [3.63, 3.8) is 0 Å². The third-order valence-electron chi connectivity index (χ3n) is 5.59. The number of ether oxygens (including phenoxy) is 1. The Morgan fingerprint density at radius 3 is 2.55 bits per heavy atom. The monoisotopic (exact) mass is 442 g/mol. The van der Waals surface area contributed by atoms with Crippen molar-refractivity contribution in [2.45, 2.75) is 32.9 Å². The normalized spacial score (nSPS) is 20.4. The van der Waals surface area contributed by atoms with Crippen LogP contribution in [-0.2, 0) is 11.2 Å². The van der Waals surface area contributed by atoms with Crippen LogP contribution in [-0.4, -0.2) is 66.6 Å². The van der Waals surface area contributed by atoms with Gasteiger partial charge in [-0.25, -0.2) is 9.38 Å². The Balaban J connectivity index is 1.64. The van der Waals surface area contributed by atoms with Gasteiger partial charge < -0.3 is 4.74 Å². The zero-order valence-corrected chi connectivity index (χ0v) is 19.9. The first kappa shape index (κ1) is 23.7. The van der Waals surface area contributed by atoms with Crippen molar-refractivity contribution in [3.8, 4) is 0 Å². The smallest absolute Gasteiger partial charge is 0.216 e. The molecule has 0 radical (unpaired) electrons. The van der Waals surface area contributed by atoms with Crippen LogP contribution in [0, 0.1) is 0 Å². The van der Waals surface area contributed by atoms with E-state index in [4.69, 9.17) is 4.74 Å². The first-order chi connectivity index (χ1) is 14.7. The number of allylic oxidation sites excluding steroid dienone is 3. The zero-order valence-electron chi connectivity index (χ0n) is 19.1. The summed E-state index contributed by atoms with van der Waals surface area (Å²) in [5, 5.41) is 0. The van der Waals surface area contributed by atoms with E-state index in [0.717, 1.165) is 47.5 Å². The average Bonchev–Trinajstić information content (AvgIpc) is 3.06. The van der Waals surface area contributed by atoms with Gasteiger partial charge in [-0.3, -0.25) is 4.90 Å². The quantitative estimate of drug-likeness (QED) is 0.535. The van der Waals surface area contributed by atoms with Gasteiger partial charge >= 0.3 is 0 Å². The Kier molecular flexibility index (Phi) is 8.06. The van der Waals surface area contributed by atoms with Gasteiger partial charge in [0.25, 0.3) is 0 Å². The molecule has 2 heterocycles. The molecule has 1 aromatic carbocycles. The Labute approximate surface area is 189 Å². The number of nitrogens with zero attached hydrogens (tertiary/aromatic N) is 2. The predicted octanol–water partition coefficient (Wildman–Crippen LogP) is 5.31. The third kappa shape index (κ3) is 7.01. The molecule has 31 heavy (non-hydrogen) atoms. The molecule has 3 rings (SSSR count). The molecular formula is C26H35FN2OS. The molecule has 0 unspecified atom stereocenters. The second kappa shape index (κ2) is 10.6. The Morgan fingerprint density at radius 1 is 1.26 bits per heavy atom. The Morgan fingerprint density at radius 2 is 1.94 bits per heavy atom. The minimum atomic E-state index is -1.21. The van der Waals surface area contributed by atoms with Gasteiger partial charge in [-0.1, -0.05) is 42.8 Å². The maximum atomic E-state index is 13.9. The molecule has 1 fully saturated rings. The molecule has 0 atom stereocenters. The van der Waals surface area contributed by atoms with Gasteiger partial charge in [0.1, 0.15) is 12.3 Å². The number of aliphatic imine (C=N–C) groups is 1. The molecule has 0 bridgehead atoms. The van der Waals surface area contributed by atoms with E-state index in [2.05, 4.69) is 46.6 Å². The largest absolute Gasteiger partial charge is 0.476 e. The van der Waals surface area contributed by atoms with E-state index in [0.29, 0.717) is 36.0 Å². The molecule has 168 valence electrons. The highest BCUT2D eigenvalue weighted by Crippen LogP contribution is 2.26. The van der Waals surface area contributed by atoms with Gasteiger partial charge in [0.05, 0.1) is 6.54 Å². The van der Waals surface area contributed by atoms with Gasteiger partial charge in [-0.15, -0.1) is 0 Å². The van der Waals surface area contributed by atoms with Gasteiger partial charge in [-0.2, -0.15) is 10.5 Å². The van der Waals surface area contributed by atoms with E-state index < -0.39 is 5.67 Å². The van der Waals surface area contributed by atoms with E-state index in [-0.39, 0.29) is 0 Å². The van der Waals surface area contributed by atoms with Crippen LogP contribution in [0.5, 0.6) is 0 Å². The van der Waals surface area contributed by atoms with Gasteiger partial charge in [0.2, 0.25) is 5.90 Å². The number of benzene rings is 1. The van der Waals surface area contributed by atoms with E-state index in [1.165, 1.54) is 11.5 Å². The van der Waals surface area contributed by atoms with Crippen LogP contribution in [0.4, 0.5) is 4.39 Å². The molecule has 1 aromatic rings. The number of alkyl halides is 1. The van der Waals surface area contributed by atoms with E-state index in [9.17, 15) is 4.39 Å². The zero-order chi connectivity index (χ0) is 22.4. The van der Waals surface area contributed by atoms with Gasteiger partial charge in [0.15, 0.2) is 0 Å². The molecule has 0 saturated carbocycles. The van der Waals surface area contributed by atoms with Crippen LogP contribution < -0.4 is 0 Å². The molecule has 2 aliphatic heterocycles. The second-order valence-corrected chi connectivity index (χ2v) is 10.9. The summed E-state index contributed by atoms with van der Waals surface area (Å²) in [6, 6.07) is 8.11. The van der Waals surface area contributed by atoms with Crippen molar-refractivity contribution in [2.75, 3.05) is 44.3 Å². The lowest BCUT2D eigenvalue weighted by Gasteiger charge is -2.28. The van der Waals surface area contributed by atoms with E-state index in [1.54, 1.807) is 13.8 Å². The van der Waals surface area contributed by atoms with Crippen molar-refractivity contribution < 1.29 is 9.13 Å². The highest BCUT2D eigenvalue weighted by molar-refractivity contribution is 8.14. The summed E-state index contributed by atoms with van der Waals surface area (Å²) in [5.74, 6) is 7.25. The number of hydrogen-bond donors (Lipinski definition) is 0. The summed E-state index contributed by atoms with van der Waals surface area (Å²) in [5.41, 5.74) is 3.91. The average molecular weight is 443 g/mol. The fourth-order valence-corrected chi connectivity index (χ4v) is 5.03. The molecule has 1 saturated heterocycles. The topological polar surface area (TPSA) is 24.8 Å². The van der Waals surface area contributed by atoms with Gasteiger partial charge in [-0.05, 0) is 49.1 Å². The van der Waals surface area contributed by atoms with E-state index >= 15 is 0 Å². The second-order valence-electron chi connectivity index (χ2n) is 8.83. The summed E-state index contributed by atoms with van der Waals surface area (Å²) in [4.78, 5) is 7.00. The molecule has 0 amide bonds. The van der Waals surface area contributed by atoms with Crippen LogP contribution >= 0.6 is 10.5 Å². The molecule has 0 N–H and O–H groups in total. The first-order valence-corrected chi connectivity index (χ1v) is 12.7. The van der Waals surface area contributed by atoms with Crippen molar-refractivity contribution in [1.29, 1.82) is 0 Å². The van der Waals surface area contributed by atoms with Crippen LogP contribution in [0.25, 0.3) is 5.57 Å². The molecule has 3 nitrogen and oxygen atoms in total. The van der Waals surface area contributed by atoms with Crippen LogP contribution in [0.15, 0.2) is 59.1 Å². The standard InChI is InChI=1S/C26H35FN2OS/c1-6-22(23-9-7-21(8-10-23)18-26(3,4)27)17-24-20(2)19-28-25(24)30-14-11-29-12-15-31(5)16-13-29/h6-10,17H,2,5,11-16,18-19H2,1,3-4H3/b22-6+,24-17+. The maximum absolute atomic E-state index is 13.9. The van der Waals surface area contributed by atoms with Crippen LogP contribution in [0.1, 0.15) is 31.9 Å². The lowest BCUT2D eigenvalue weighted by atomic mass is 9.96. The van der Waals surface area contributed by atoms with E-state index in [1.807, 2.05) is 19.1 Å². The molecule has 5 heteroatoms. The van der Waals surface area contributed by atoms with Crippen molar-refractivity contribution in [3.05, 3.63) is 65.3 Å². The molecule has 0 spiro atoms. The molecular weight excluding hydrogens is 407 g/mol. The summed E-state index contributed by atoms with van der Waals surface area (Å²) in [7, 11) is 0.336. The number of hydrogen-bond acceptors (Lipinski definition) is 3. The van der Waals surface area contributed by atoms with Gasteiger partial charge in [0, 0.05) is 43.1 Å². The minimum Gasteiger partial charge on any atom is -0.476 e. The third-order valence-corrected chi connectivity index (χ3v) is 7.11. The highest BCUT2D eigenvalue weighted by Gasteiger charge is 2.21. The molecule has 0 aromatic heterocycles. The summed E-state index contributed by atoms with van der Waals surface area (Å²) in [6.07, 6.45) is 4.60. The first-order valence-electron chi connectivity index (χ1n) is 11.0. The lowest BCUT2D eigenvalue weighted by Crippen LogP contribution is -2.36. The van der Waals surface area contributed by atoms with Crippen LogP contribution in [0.2, 0.25) is 0 Å². The highest BCUT2D eigenvalue weighted by atomic mass is 32.2. The summed E-state index contributed by atoms with van der Waals surface area (Å²) in [6.45, 7) is 13.8. The number of halogens is 1. The Hall–Kier alpha value is -1.98. The minimum absolute atomic E-state index is 0.336. The van der Waals surface area contributed by atoms with Crippen LogP contribution in [0.3, 0.4) is 0 Å². The number of rotatable bonds is 7. The predicted molar refractivity (Wildman–Crippen MR) is 135 cm³/mol. The SMILES string of the molecule is C=C1CN=C(OCCN2CCS(=C)CC2)/C1=C/C(=C\C)c1ccc(CC(C)(C)F)cc1.